The van der Waals surface area contributed by atoms with Crippen molar-refractivity contribution in [2.75, 3.05) is 0 Å². The van der Waals surface area contributed by atoms with Gasteiger partial charge in [0.05, 0.1) is 0 Å². The number of benzene rings is 1. The Morgan fingerprint density at radius 2 is 2.31 bits per heavy atom. The summed E-state index contributed by atoms with van der Waals surface area (Å²) in [5, 5.41) is 0.578. The van der Waals surface area contributed by atoms with Gasteiger partial charge in [-0.15, -0.1) is 0 Å². The van der Waals surface area contributed by atoms with E-state index in [9.17, 15) is 4.79 Å². The topological polar surface area (TPSA) is 45.8 Å². The first-order valence-corrected chi connectivity index (χ1v) is 5.80. The summed E-state index contributed by atoms with van der Waals surface area (Å²) in [7, 11) is 0. The summed E-state index contributed by atoms with van der Waals surface area (Å²) >= 11 is 9.34. The number of nitrogens with one attached hydrogen (secondary N) is 1. The van der Waals surface area contributed by atoms with E-state index < -0.39 is 0 Å². The van der Waals surface area contributed by atoms with Crippen LogP contribution in [0.15, 0.2) is 35.1 Å². The maximum Gasteiger partial charge on any atom is 0.202 e. The maximum absolute atomic E-state index is 11.7. The lowest BCUT2D eigenvalue weighted by Gasteiger charge is -2.02. The molecule has 0 fully saturated rings. The Balaban J connectivity index is 2.18. The summed E-state index contributed by atoms with van der Waals surface area (Å²) in [6.07, 6.45) is 3.42. The Labute approximate surface area is 106 Å². The van der Waals surface area contributed by atoms with Crippen LogP contribution in [0, 0.1) is 0 Å². The smallest absolute Gasteiger partial charge is 0.202 e. The number of aromatic amines is 1. The van der Waals surface area contributed by atoms with E-state index in [2.05, 4.69) is 25.9 Å². The highest BCUT2D eigenvalue weighted by atomic mass is 79.9. The van der Waals surface area contributed by atoms with E-state index >= 15 is 0 Å². The van der Waals surface area contributed by atoms with Crippen LogP contribution in [0.5, 0.6) is 0 Å². The van der Waals surface area contributed by atoms with Crippen molar-refractivity contribution in [3.05, 3.63) is 51.5 Å². The number of nitrogens with zero attached hydrogens (tertiary/aromatic N) is 1. The average molecular weight is 300 g/mol. The molecule has 0 bridgehead atoms. The molecule has 1 aromatic carbocycles. The van der Waals surface area contributed by atoms with Crippen molar-refractivity contribution < 1.29 is 4.79 Å². The predicted octanol–water partition coefficient (Wildman–Crippen LogP) is 3.25. The summed E-state index contributed by atoms with van der Waals surface area (Å²) in [5.41, 5.74) is 0.797. The molecule has 16 heavy (non-hydrogen) atoms. The number of carbonyl (C=O) groups is 1. The fourth-order valence-corrected chi connectivity index (χ4v) is 2.08. The zero-order valence-electron chi connectivity index (χ0n) is 8.21. The van der Waals surface area contributed by atoms with Crippen molar-refractivity contribution in [1.82, 2.24) is 9.97 Å². The summed E-state index contributed by atoms with van der Waals surface area (Å²) < 4.78 is 0.895. The highest BCUT2D eigenvalue weighted by Gasteiger charge is 2.11. The zero-order chi connectivity index (χ0) is 11.5. The normalized spacial score (nSPS) is 10.4. The van der Waals surface area contributed by atoms with Gasteiger partial charge in [-0.1, -0.05) is 33.6 Å². The standard InChI is InChI=1S/C11H8BrClN2O/c12-8-2-1-7(9(13)6-8)5-10(16)11-14-3-4-15-11/h1-4,6H,5H2,(H,14,15). The Hall–Kier alpha value is -1.13. The van der Waals surface area contributed by atoms with Gasteiger partial charge >= 0.3 is 0 Å². The highest BCUT2D eigenvalue weighted by Crippen LogP contribution is 2.22. The Bertz CT molecular complexity index is 511. The molecule has 0 aliphatic carbocycles. The van der Waals surface area contributed by atoms with E-state index in [1.165, 1.54) is 0 Å². The lowest BCUT2D eigenvalue weighted by atomic mass is 10.1. The van der Waals surface area contributed by atoms with E-state index in [0.717, 1.165) is 10.0 Å². The fraction of sp³-hybridized carbons (Fsp3) is 0.0909. The van der Waals surface area contributed by atoms with Crippen LogP contribution >= 0.6 is 27.5 Å². The number of imidazole rings is 1. The van der Waals surface area contributed by atoms with Crippen molar-refractivity contribution in [3.8, 4) is 0 Å². The molecule has 1 aromatic heterocycles. The Morgan fingerprint density at radius 1 is 1.50 bits per heavy atom. The lowest BCUT2D eigenvalue weighted by molar-refractivity contribution is 0.0984. The fourth-order valence-electron chi connectivity index (χ4n) is 1.34. The molecular formula is C11H8BrClN2O. The summed E-state index contributed by atoms with van der Waals surface area (Å²) in [6, 6.07) is 5.45. The molecule has 0 saturated carbocycles. The van der Waals surface area contributed by atoms with Gasteiger partial charge in [-0.05, 0) is 17.7 Å². The molecule has 0 atom stereocenters. The third kappa shape index (κ3) is 2.51. The second kappa shape index (κ2) is 4.80. The quantitative estimate of drug-likeness (QED) is 0.884. The predicted molar refractivity (Wildman–Crippen MR) is 65.8 cm³/mol. The molecule has 82 valence electrons. The number of H-pyrrole nitrogens is 1. The summed E-state index contributed by atoms with van der Waals surface area (Å²) in [6.45, 7) is 0. The van der Waals surface area contributed by atoms with Crippen molar-refractivity contribution in [1.29, 1.82) is 0 Å². The molecule has 0 saturated heterocycles. The lowest BCUT2D eigenvalue weighted by Crippen LogP contribution is -2.05. The number of Topliss-reactive ketones (excluding diaryl/α,β-unsaturated/α-hetero) is 1. The van der Waals surface area contributed by atoms with Gasteiger partial charge in [0.2, 0.25) is 5.78 Å². The number of aromatic nitrogens is 2. The molecule has 0 aliphatic heterocycles. The van der Waals surface area contributed by atoms with Crippen LogP contribution in [0.1, 0.15) is 16.2 Å². The summed E-state index contributed by atoms with van der Waals surface area (Å²) in [5.74, 6) is 0.285. The third-order valence-electron chi connectivity index (χ3n) is 2.13. The molecule has 0 unspecified atom stereocenters. The van der Waals surface area contributed by atoms with Crippen LogP contribution in [-0.4, -0.2) is 15.8 Å². The zero-order valence-corrected chi connectivity index (χ0v) is 10.5. The molecule has 2 rings (SSSR count). The molecule has 5 heteroatoms. The van der Waals surface area contributed by atoms with Gasteiger partial charge in [-0.25, -0.2) is 4.98 Å². The molecule has 0 spiro atoms. The monoisotopic (exact) mass is 298 g/mol. The molecule has 2 aromatic rings. The molecule has 3 nitrogen and oxygen atoms in total. The average Bonchev–Trinajstić information content (AvgIpc) is 2.75. The second-order valence-electron chi connectivity index (χ2n) is 3.27. The minimum Gasteiger partial charge on any atom is -0.342 e. The van der Waals surface area contributed by atoms with E-state index in [1.807, 2.05) is 12.1 Å². The van der Waals surface area contributed by atoms with Crippen LogP contribution < -0.4 is 0 Å². The van der Waals surface area contributed by atoms with Crippen molar-refractivity contribution in [3.63, 3.8) is 0 Å². The first-order valence-electron chi connectivity index (χ1n) is 4.63. The van der Waals surface area contributed by atoms with Gasteiger partial charge in [-0.2, -0.15) is 0 Å². The first-order chi connectivity index (χ1) is 7.66. The largest absolute Gasteiger partial charge is 0.342 e. The number of hydrogen-bond acceptors (Lipinski definition) is 2. The van der Waals surface area contributed by atoms with Gasteiger partial charge in [0.15, 0.2) is 5.82 Å². The maximum atomic E-state index is 11.7. The van der Waals surface area contributed by atoms with Crippen LogP contribution in [0.3, 0.4) is 0 Å². The van der Waals surface area contributed by atoms with E-state index in [4.69, 9.17) is 11.6 Å². The number of halogens is 2. The van der Waals surface area contributed by atoms with E-state index in [1.54, 1.807) is 18.5 Å². The van der Waals surface area contributed by atoms with Crippen molar-refractivity contribution in [2.45, 2.75) is 6.42 Å². The summed E-state index contributed by atoms with van der Waals surface area (Å²) in [4.78, 5) is 18.4. The minimum atomic E-state index is -0.0748. The molecular weight excluding hydrogens is 291 g/mol. The number of rotatable bonds is 3. The van der Waals surface area contributed by atoms with Gasteiger partial charge in [0.25, 0.3) is 0 Å². The van der Waals surface area contributed by atoms with Crippen LogP contribution in [0.4, 0.5) is 0 Å². The Morgan fingerprint density at radius 3 is 2.94 bits per heavy atom. The molecule has 1 heterocycles. The van der Waals surface area contributed by atoms with Gasteiger partial charge in [-0.3, -0.25) is 4.79 Å². The van der Waals surface area contributed by atoms with Crippen LogP contribution in [0.2, 0.25) is 5.02 Å². The Kier molecular flexibility index (Phi) is 3.41. The van der Waals surface area contributed by atoms with Crippen molar-refractivity contribution in [2.24, 2.45) is 0 Å². The molecule has 1 N–H and O–H groups in total. The molecule has 0 amide bonds. The van der Waals surface area contributed by atoms with Crippen LogP contribution in [-0.2, 0) is 6.42 Å². The number of ketones is 1. The first kappa shape index (κ1) is 11.4. The van der Waals surface area contributed by atoms with E-state index in [0.29, 0.717) is 10.8 Å². The minimum absolute atomic E-state index is 0.0748. The molecule has 0 radical (unpaired) electrons. The number of carbonyl (C=O) groups excluding carboxylic acids is 1. The van der Waals surface area contributed by atoms with Gasteiger partial charge in [0.1, 0.15) is 0 Å². The van der Waals surface area contributed by atoms with Gasteiger partial charge < -0.3 is 4.98 Å². The molecule has 0 aliphatic rings. The van der Waals surface area contributed by atoms with Crippen molar-refractivity contribution >= 4 is 33.3 Å². The van der Waals surface area contributed by atoms with Crippen LogP contribution in [0.25, 0.3) is 0 Å². The van der Waals surface area contributed by atoms with E-state index in [-0.39, 0.29) is 12.2 Å². The highest BCUT2D eigenvalue weighted by molar-refractivity contribution is 9.10. The second-order valence-corrected chi connectivity index (χ2v) is 4.60. The van der Waals surface area contributed by atoms with Gasteiger partial charge in [0, 0.05) is 28.3 Å². The third-order valence-corrected chi connectivity index (χ3v) is 2.97. The SMILES string of the molecule is O=C(Cc1ccc(Br)cc1Cl)c1ncc[nH]1. The number of hydrogen-bond donors (Lipinski definition) is 1.